The average Bonchev–Trinajstić information content (AvgIpc) is 2.78. The summed E-state index contributed by atoms with van der Waals surface area (Å²) in [6.07, 6.45) is 0.751. The minimum atomic E-state index is -1.76. The highest BCUT2D eigenvalue weighted by Gasteiger charge is 2.36. The van der Waals surface area contributed by atoms with Gasteiger partial charge in [-0.25, -0.2) is 9.59 Å². The Hall–Kier alpha value is -4.46. The molecule has 180 valence electrons. The highest BCUT2D eigenvalue weighted by molar-refractivity contribution is 5.87. The van der Waals surface area contributed by atoms with Crippen LogP contribution in [0.25, 0.3) is 11.1 Å². The molecular formula is C20H20N4O10. The maximum atomic E-state index is 12.4. The van der Waals surface area contributed by atoms with Gasteiger partial charge in [0.1, 0.15) is 27.3 Å². The number of non-ortho nitro benzene ring substituents is 1. The van der Waals surface area contributed by atoms with Crippen molar-refractivity contribution in [2.75, 3.05) is 0 Å². The molecule has 34 heavy (non-hydrogen) atoms. The molecule has 0 aliphatic heterocycles. The zero-order chi connectivity index (χ0) is 25.7. The number of nitrogens with two attached hydrogens (primary N) is 1. The van der Waals surface area contributed by atoms with Crippen molar-refractivity contribution in [2.24, 2.45) is 5.73 Å². The summed E-state index contributed by atoms with van der Waals surface area (Å²) < 4.78 is 0. The van der Waals surface area contributed by atoms with E-state index in [-0.39, 0.29) is 28.7 Å². The molecule has 0 aromatic heterocycles. The maximum Gasteiger partial charge on any atom is 0.465 e. The number of nitrogens with zero attached hydrogens (tertiary/aromatic N) is 3. The van der Waals surface area contributed by atoms with Gasteiger partial charge in [0, 0.05) is 17.2 Å². The molecular weight excluding hydrogens is 456 g/mol. The molecule has 2 atom stereocenters. The second-order valence-electron chi connectivity index (χ2n) is 7.33. The molecule has 0 bridgehead atoms. The molecule has 2 amide bonds. The number of carbonyl (C=O) groups is 2. The van der Waals surface area contributed by atoms with Crippen molar-refractivity contribution in [1.82, 2.24) is 0 Å². The second-order valence-corrected chi connectivity index (χ2v) is 7.33. The molecule has 4 N–H and O–H groups in total. The Balaban J connectivity index is 2.86. The molecule has 14 nitrogen and oxygen atoms in total. The van der Waals surface area contributed by atoms with Crippen molar-refractivity contribution in [3.8, 4) is 22.6 Å². The lowest BCUT2D eigenvalue weighted by Gasteiger charge is -2.19. The Morgan fingerprint density at radius 3 is 2.12 bits per heavy atom. The summed E-state index contributed by atoms with van der Waals surface area (Å²) >= 11 is 0. The Labute approximate surface area is 191 Å². The Morgan fingerprint density at radius 2 is 1.59 bits per heavy atom. The average molecular weight is 476 g/mol. The molecule has 14 heteroatoms. The third-order valence-corrected chi connectivity index (χ3v) is 5.14. The fraction of sp³-hybridized carbons (Fsp3) is 0.300. The molecule has 0 heterocycles. The third-order valence-electron chi connectivity index (χ3n) is 5.14. The number of rotatable bonds is 9. The van der Waals surface area contributed by atoms with Gasteiger partial charge in [-0.3, -0.25) is 30.3 Å². The highest BCUT2D eigenvalue weighted by atomic mass is 16.6. The van der Waals surface area contributed by atoms with E-state index in [1.54, 1.807) is 6.92 Å². The SMILES string of the molecule is CCCC[C@H](C(=O)[N+](=O)[O-])c1cc([N+](=O)[O-])cc(O)c1-c1cc(C(N)C(=O)[N+](=O)[O-])ccc1O. The van der Waals surface area contributed by atoms with Gasteiger partial charge in [0.25, 0.3) is 5.69 Å². The molecule has 0 aliphatic rings. The lowest BCUT2D eigenvalue weighted by atomic mass is 9.85. The van der Waals surface area contributed by atoms with Gasteiger partial charge in [0.15, 0.2) is 6.04 Å². The number of hydrogen-bond donors (Lipinski definition) is 3. The van der Waals surface area contributed by atoms with E-state index < -0.39 is 55.7 Å². The minimum absolute atomic E-state index is 0.0936. The molecule has 0 aliphatic carbocycles. The van der Waals surface area contributed by atoms with Crippen LogP contribution in [0, 0.1) is 30.3 Å². The third kappa shape index (κ3) is 5.29. The summed E-state index contributed by atoms with van der Waals surface area (Å²) in [4.78, 5) is 54.2. The van der Waals surface area contributed by atoms with Crippen LogP contribution in [0.3, 0.4) is 0 Å². The number of hydrogen-bond acceptors (Lipinski definition) is 11. The van der Waals surface area contributed by atoms with Crippen LogP contribution in [0.1, 0.15) is 49.3 Å². The lowest BCUT2D eigenvalue weighted by Crippen LogP contribution is -2.27. The number of aromatic hydroxyl groups is 2. The summed E-state index contributed by atoms with van der Waals surface area (Å²) in [6, 6.07) is 3.00. The Bertz CT molecular complexity index is 1180. The fourth-order valence-corrected chi connectivity index (χ4v) is 3.46. The van der Waals surface area contributed by atoms with Crippen LogP contribution in [0.5, 0.6) is 11.5 Å². The minimum Gasteiger partial charge on any atom is -0.507 e. The van der Waals surface area contributed by atoms with Gasteiger partial charge in [-0.05, 0) is 29.7 Å². The zero-order valence-corrected chi connectivity index (χ0v) is 17.7. The molecule has 0 spiro atoms. The fourth-order valence-electron chi connectivity index (χ4n) is 3.46. The summed E-state index contributed by atoms with van der Waals surface area (Å²) in [7, 11) is 0. The molecule has 2 aromatic carbocycles. The molecule has 2 rings (SSSR count). The summed E-state index contributed by atoms with van der Waals surface area (Å²) in [5.74, 6) is -5.89. The van der Waals surface area contributed by atoms with Gasteiger partial charge in [-0.2, -0.15) is 0 Å². The number of nitro groups is 3. The van der Waals surface area contributed by atoms with Crippen molar-refractivity contribution in [3.63, 3.8) is 0 Å². The van der Waals surface area contributed by atoms with Crippen LogP contribution in [0.4, 0.5) is 5.69 Å². The van der Waals surface area contributed by atoms with Gasteiger partial charge in [0.2, 0.25) is 0 Å². The van der Waals surface area contributed by atoms with E-state index in [4.69, 9.17) is 5.73 Å². The summed E-state index contributed by atoms with van der Waals surface area (Å²) in [5, 5.41) is 54.5. The van der Waals surface area contributed by atoms with E-state index in [1.807, 2.05) is 0 Å². The first kappa shape index (κ1) is 25.8. The number of nitro benzene ring substituents is 1. The first-order valence-electron chi connectivity index (χ1n) is 9.87. The zero-order valence-electron chi connectivity index (χ0n) is 17.7. The first-order chi connectivity index (χ1) is 15.9. The standard InChI is InChI=1S/C20H20N4O10/c1-2-3-4-12(19(27)23(31)32)13-8-11(22(29)30)9-16(26)17(13)14-7-10(5-6-15(14)25)18(21)20(28)24(33)34/h5-9,12,18,25-26H,2-4,21H2,1H3/t12-,18?/m0/s1. The quantitative estimate of drug-likeness (QED) is 0.351. The summed E-state index contributed by atoms with van der Waals surface area (Å²) in [6.45, 7) is 1.75. The van der Waals surface area contributed by atoms with E-state index in [2.05, 4.69) is 0 Å². The molecule has 0 radical (unpaired) electrons. The largest absolute Gasteiger partial charge is 0.507 e. The lowest BCUT2D eigenvalue weighted by molar-refractivity contribution is -0.404. The topological polar surface area (TPSA) is 230 Å². The van der Waals surface area contributed by atoms with Crippen molar-refractivity contribution in [3.05, 3.63) is 71.8 Å². The van der Waals surface area contributed by atoms with Crippen molar-refractivity contribution >= 4 is 17.5 Å². The smallest absolute Gasteiger partial charge is 0.465 e. The van der Waals surface area contributed by atoms with Gasteiger partial charge in [-0.1, -0.05) is 25.8 Å². The Morgan fingerprint density at radius 1 is 0.971 bits per heavy atom. The van der Waals surface area contributed by atoms with E-state index >= 15 is 0 Å². The number of benzene rings is 2. The van der Waals surface area contributed by atoms with Crippen LogP contribution < -0.4 is 5.73 Å². The highest BCUT2D eigenvalue weighted by Crippen LogP contribution is 2.45. The van der Waals surface area contributed by atoms with Crippen LogP contribution in [0.15, 0.2) is 30.3 Å². The van der Waals surface area contributed by atoms with E-state index in [1.165, 1.54) is 0 Å². The van der Waals surface area contributed by atoms with Crippen molar-refractivity contribution in [1.29, 1.82) is 0 Å². The number of phenolic OH excluding ortho intramolecular Hbond substituents is 2. The van der Waals surface area contributed by atoms with Gasteiger partial charge < -0.3 is 15.9 Å². The van der Waals surface area contributed by atoms with Gasteiger partial charge >= 0.3 is 11.8 Å². The van der Waals surface area contributed by atoms with Crippen LogP contribution in [-0.2, 0) is 9.59 Å². The number of phenols is 2. The monoisotopic (exact) mass is 476 g/mol. The van der Waals surface area contributed by atoms with E-state index in [9.17, 15) is 50.1 Å². The van der Waals surface area contributed by atoms with E-state index in [0.29, 0.717) is 12.8 Å². The van der Waals surface area contributed by atoms with Gasteiger partial charge in [0.05, 0.1) is 11.0 Å². The normalized spacial score (nSPS) is 12.5. The van der Waals surface area contributed by atoms with Crippen LogP contribution in [-0.4, -0.2) is 36.8 Å². The van der Waals surface area contributed by atoms with Crippen LogP contribution in [0.2, 0.25) is 0 Å². The molecule has 1 unspecified atom stereocenters. The van der Waals surface area contributed by atoms with Crippen molar-refractivity contribution in [2.45, 2.75) is 38.1 Å². The number of unbranched alkanes of at least 4 members (excludes halogenated alkanes) is 1. The van der Waals surface area contributed by atoms with Crippen molar-refractivity contribution < 1.29 is 34.6 Å². The van der Waals surface area contributed by atoms with E-state index in [0.717, 1.165) is 30.3 Å². The first-order valence-corrected chi connectivity index (χ1v) is 9.87. The number of carbonyl (C=O) groups excluding carboxylic acids is 2. The van der Waals surface area contributed by atoms with Gasteiger partial charge in [-0.15, -0.1) is 0 Å². The molecule has 0 saturated carbocycles. The Kier molecular flexibility index (Phi) is 7.92. The number of amides is 2. The maximum absolute atomic E-state index is 12.4. The molecule has 0 fully saturated rings. The molecule has 0 saturated heterocycles. The molecule has 2 aromatic rings. The van der Waals surface area contributed by atoms with Crippen LogP contribution >= 0.6 is 0 Å². The summed E-state index contributed by atoms with van der Waals surface area (Å²) in [5.41, 5.74) is 3.87. The predicted octanol–water partition coefficient (Wildman–Crippen LogP) is 2.55. The second kappa shape index (κ2) is 10.4. The predicted molar refractivity (Wildman–Crippen MR) is 115 cm³/mol.